The maximum atomic E-state index is 12.2. The van der Waals surface area contributed by atoms with Gasteiger partial charge in [-0.3, -0.25) is 4.99 Å². The number of nitrogens with zero attached hydrogens (tertiary/aromatic N) is 2. The molecule has 1 amide bonds. The first-order valence-corrected chi connectivity index (χ1v) is 8.71. The lowest BCUT2D eigenvalue weighted by molar-refractivity contribution is 0.0190. The van der Waals surface area contributed by atoms with Crippen LogP contribution >= 0.6 is 24.0 Å². The minimum Gasteiger partial charge on any atom is -0.444 e. The minimum absolute atomic E-state index is 0. The van der Waals surface area contributed by atoms with Crippen LogP contribution in [0.2, 0.25) is 0 Å². The highest BCUT2D eigenvalue weighted by Crippen LogP contribution is 2.12. The summed E-state index contributed by atoms with van der Waals surface area (Å²) in [5.41, 5.74) is 7.50. The number of hydrogen-bond donors (Lipinski definition) is 2. The molecule has 0 saturated heterocycles. The number of carbonyl (C=O) groups excluding carboxylic acids is 1. The van der Waals surface area contributed by atoms with Crippen LogP contribution in [0.15, 0.2) is 29.3 Å². The van der Waals surface area contributed by atoms with Gasteiger partial charge in [0, 0.05) is 24.8 Å². The number of benzene rings is 1. The van der Waals surface area contributed by atoms with Crippen LogP contribution in [0.25, 0.3) is 0 Å². The van der Waals surface area contributed by atoms with Crippen LogP contribution in [0.5, 0.6) is 0 Å². The number of carbonyl (C=O) groups is 1. The molecule has 0 aliphatic carbocycles. The highest BCUT2D eigenvalue weighted by Gasteiger charge is 2.23. The maximum Gasteiger partial charge on any atom is 0.410 e. The fraction of sp³-hybridized carbons (Fsp3) is 0.579. The van der Waals surface area contributed by atoms with E-state index in [-0.39, 0.29) is 36.1 Å². The van der Waals surface area contributed by atoms with E-state index in [1.807, 2.05) is 65.8 Å². The van der Waals surface area contributed by atoms with Gasteiger partial charge in [-0.05, 0) is 60.1 Å². The van der Waals surface area contributed by atoms with Crippen LogP contribution in [0.4, 0.5) is 10.5 Å². The second-order valence-corrected chi connectivity index (χ2v) is 7.38. The van der Waals surface area contributed by atoms with Crippen molar-refractivity contribution in [3.8, 4) is 0 Å². The predicted molar refractivity (Wildman–Crippen MR) is 119 cm³/mol. The Morgan fingerprint density at radius 3 is 2.35 bits per heavy atom. The Balaban J connectivity index is 0.00000625. The number of amides is 1. The van der Waals surface area contributed by atoms with Crippen molar-refractivity contribution in [1.82, 2.24) is 4.90 Å². The molecule has 0 unspecified atom stereocenters. The number of anilines is 1. The maximum absolute atomic E-state index is 12.2. The zero-order valence-corrected chi connectivity index (χ0v) is 19.0. The topological polar surface area (TPSA) is 80.0 Å². The van der Waals surface area contributed by atoms with Crippen molar-refractivity contribution in [2.24, 2.45) is 10.7 Å². The second kappa shape index (κ2) is 11.3. The molecule has 148 valence electrons. The number of halogens is 1. The van der Waals surface area contributed by atoms with E-state index in [4.69, 9.17) is 10.5 Å². The Morgan fingerprint density at radius 1 is 1.27 bits per heavy atom. The molecule has 7 heteroatoms. The zero-order chi connectivity index (χ0) is 19.0. The second-order valence-electron chi connectivity index (χ2n) is 7.38. The molecule has 0 fully saturated rings. The van der Waals surface area contributed by atoms with Crippen LogP contribution in [0, 0.1) is 6.92 Å². The monoisotopic (exact) mass is 476 g/mol. The Bertz CT molecular complexity index is 580. The van der Waals surface area contributed by atoms with Crippen LogP contribution in [-0.4, -0.2) is 41.7 Å². The normalized spacial score (nSPS) is 11.7. The fourth-order valence-electron chi connectivity index (χ4n) is 2.15. The minimum atomic E-state index is -0.495. The summed E-state index contributed by atoms with van der Waals surface area (Å²) in [7, 11) is 0. The van der Waals surface area contributed by atoms with Gasteiger partial charge in [0.25, 0.3) is 0 Å². The Labute approximate surface area is 174 Å². The summed E-state index contributed by atoms with van der Waals surface area (Å²) in [6.07, 6.45) is 0.422. The highest BCUT2D eigenvalue weighted by atomic mass is 127. The molecular formula is C19H33IN4O2. The number of guanidine groups is 1. The molecule has 1 rings (SSSR count). The van der Waals surface area contributed by atoms with Crippen LogP contribution < -0.4 is 11.1 Å². The molecule has 0 radical (unpaired) electrons. The van der Waals surface area contributed by atoms with E-state index in [2.05, 4.69) is 10.3 Å². The predicted octanol–water partition coefficient (Wildman–Crippen LogP) is 4.38. The molecule has 3 N–H and O–H groups in total. The third kappa shape index (κ3) is 9.84. The molecule has 0 saturated carbocycles. The average Bonchev–Trinajstić information content (AvgIpc) is 2.47. The highest BCUT2D eigenvalue weighted by molar-refractivity contribution is 14.0. The summed E-state index contributed by atoms with van der Waals surface area (Å²) in [6.45, 7) is 12.7. The van der Waals surface area contributed by atoms with Crippen molar-refractivity contribution in [3.63, 3.8) is 0 Å². The van der Waals surface area contributed by atoms with Gasteiger partial charge >= 0.3 is 6.09 Å². The van der Waals surface area contributed by atoms with Gasteiger partial charge in [0.1, 0.15) is 5.60 Å². The van der Waals surface area contributed by atoms with E-state index in [0.29, 0.717) is 25.5 Å². The Morgan fingerprint density at radius 2 is 1.85 bits per heavy atom. The molecular weight excluding hydrogens is 443 g/mol. The first kappa shape index (κ1) is 24.5. The van der Waals surface area contributed by atoms with Gasteiger partial charge in [-0.1, -0.05) is 17.7 Å². The number of rotatable bonds is 6. The Kier molecular flexibility index (Phi) is 10.6. The smallest absolute Gasteiger partial charge is 0.410 e. The van der Waals surface area contributed by atoms with Gasteiger partial charge in [0.05, 0.1) is 0 Å². The van der Waals surface area contributed by atoms with E-state index in [9.17, 15) is 4.79 Å². The molecule has 0 aliphatic rings. The molecule has 1 aromatic carbocycles. The number of nitrogens with two attached hydrogens (primary N) is 1. The van der Waals surface area contributed by atoms with E-state index in [1.165, 1.54) is 5.56 Å². The summed E-state index contributed by atoms with van der Waals surface area (Å²) in [6, 6.07) is 8.01. The van der Waals surface area contributed by atoms with Gasteiger partial charge in [-0.15, -0.1) is 24.0 Å². The molecule has 1 aromatic rings. The van der Waals surface area contributed by atoms with E-state index in [1.54, 1.807) is 4.90 Å². The van der Waals surface area contributed by atoms with E-state index >= 15 is 0 Å². The van der Waals surface area contributed by atoms with Gasteiger partial charge in [0.2, 0.25) is 0 Å². The van der Waals surface area contributed by atoms with Crippen LogP contribution in [0.3, 0.4) is 0 Å². The zero-order valence-electron chi connectivity index (χ0n) is 16.7. The lowest BCUT2D eigenvalue weighted by Gasteiger charge is -2.30. The molecule has 6 nitrogen and oxygen atoms in total. The quantitative estimate of drug-likeness (QED) is 0.277. The third-order valence-corrected chi connectivity index (χ3v) is 3.41. The summed E-state index contributed by atoms with van der Waals surface area (Å²) in [4.78, 5) is 18.3. The van der Waals surface area contributed by atoms with Crippen molar-refractivity contribution in [3.05, 3.63) is 29.8 Å². The van der Waals surface area contributed by atoms with E-state index in [0.717, 1.165) is 5.69 Å². The number of hydrogen-bond acceptors (Lipinski definition) is 3. The van der Waals surface area contributed by atoms with E-state index < -0.39 is 5.60 Å². The molecule has 0 aliphatic heterocycles. The molecule has 0 heterocycles. The Hall–Kier alpha value is -1.51. The van der Waals surface area contributed by atoms with Crippen molar-refractivity contribution in [2.45, 2.75) is 59.6 Å². The standard InChI is InChI=1S/C19H32N4O2.HI/c1-14(2)23(18(24)25-19(4,5)6)13-7-12-21-17(20)22-16-10-8-15(3)9-11-16;/h8-11,14H,7,12-13H2,1-6H3,(H3,20,21,22);1H. The fourth-order valence-corrected chi connectivity index (χ4v) is 2.15. The van der Waals surface area contributed by atoms with Crippen molar-refractivity contribution in [1.29, 1.82) is 0 Å². The third-order valence-electron chi connectivity index (χ3n) is 3.41. The number of aryl methyl sites for hydroxylation is 1. The number of aliphatic imine (C=N–C) groups is 1. The lowest BCUT2D eigenvalue weighted by atomic mass is 10.2. The largest absolute Gasteiger partial charge is 0.444 e. The molecule has 0 aromatic heterocycles. The van der Waals surface area contributed by atoms with Crippen molar-refractivity contribution in [2.75, 3.05) is 18.4 Å². The van der Waals surface area contributed by atoms with Gasteiger partial charge in [-0.2, -0.15) is 0 Å². The molecule has 0 spiro atoms. The van der Waals surface area contributed by atoms with Gasteiger partial charge < -0.3 is 20.7 Å². The van der Waals surface area contributed by atoms with Crippen LogP contribution in [0.1, 0.15) is 46.6 Å². The van der Waals surface area contributed by atoms with Gasteiger partial charge in [-0.25, -0.2) is 4.79 Å². The first-order chi connectivity index (χ1) is 11.6. The summed E-state index contributed by atoms with van der Waals surface area (Å²) in [5.74, 6) is 0.372. The van der Waals surface area contributed by atoms with Crippen LogP contribution in [-0.2, 0) is 4.74 Å². The summed E-state index contributed by atoms with van der Waals surface area (Å²) < 4.78 is 5.44. The van der Waals surface area contributed by atoms with Crippen molar-refractivity contribution < 1.29 is 9.53 Å². The molecule has 0 atom stereocenters. The number of nitrogens with one attached hydrogen (secondary N) is 1. The molecule has 0 bridgehead atoms. The number of ether oxygens (including phenoxy) is 1. The first-order valence-electron chi connectivity index (χ1n) is 8.71. The average molecular weight is 476 g/mol. The SMILES string of the molecule is Cc1ccc(NC(N)=NCCCN(C(=O)OC(C)(C)C)C(C)C)cc1.I. The summed E-state index contributed by atoms with van der Waals surface area (Å²) >= 11 is 0. The van der Waals surface area contributed by atoms with Gasteiger partial charge in [0.15, 0.2) is 5.96 Å². The lowest BCUT2D eigenvalue weighted by Crippen LogP contribution is -2.41. The van der Waals surface area contributed by atoms with Crippen molar-refractivity contribution >= 4 is 41.7 Å². The summed E-state index contributed by atoms with van der Waals surface area (Å²) in [5, 5.41) is 3.06. The molecule has 26 heavy (non-hydrogen) atoms.